The molecule has 5 heterocycles. The molecular weight excluding hydrogens is 925 g/mol. The molecule has 10 rings (SSSR count). The Kier molecular flexibility index (Phi) is 9.64. The van der Waals surface area contributed by atoms with Crippen molar-refractivity contribution in [2.45, 2.75) is 24.2 Å². The zero-order valence-electron chi connectivity index (χ0n) is 29.6. The van der Waals surface area contributed by atoms with Gasteiger partial charge in [0.1, 0.15) is 4.83 Å². The van der Waals surface area contributed by atoms with Crippen LogP contribution < -0.4 is 4.40 Å². The zero-order chi connectivity index (χ0) is 35.4. The Bertz CT molecular complexity index is 2900. The van der Waals surface area contributed by atoms with E-state index >= 15 is 0 Å². The third-order valence-corrected chi connectivity index (χ3v) is 16.0. The number of nitrogens with zero attached hydrogens (tertiary/aromatic N) is 4. The van der Waals surface area contributed by atoms with E-state index in [2.05, 4.69) is 149 Å². The summed E-state index contributed by atoms with van der Waals surface area (Å²) in [6.45, 7) is 2.03. The summed E-state index contributed by atoms with van der Waals surface area (Å²) in [6, 6.07) is 51.2. The SMILES string of the molecule is Cc1ccc2c(n1)sc1c(-c3nc4ccccc4n3-c3ccccc3)[c-]ccc12.[CH3][Ge]([CH3])([CH3])[c]1ccc(-c2[c-]cc3sc4ccccc4c3c2)nc1.[Ir]. The quantitative estimate of drug-likeness (QED) is 0.130. The number of imidazole rings is 1. The van der Waals surface area contributed by atoms with Gasteiger partial charge >= 0.3 is 143 Å². The van der Waals surface area contributed by atoms with Gasteiger partial charge in [0.2, 0.25) is 0 Å². The van der Waals surface area contributed by atoms with E-state index in [0.717, 1.165) is 49.9 Å². The second-order valence-electron chi connectivity index (χ2n) is 14.0. The Hall–Kier alpha value is -4.50. The van der Waals surface area contributed by atoms with Crippen LogP contribution in [0.1, 0.15) is 5.69 Å². The molecule has 0 aliphatic rings. The van der Waals surface area contributed by atoms with Crippen LogP contribution in [0.25, 0.3) is 79.8 Å². The van der Waals surface area contributed by atoms with E-state index in [-0.39, 0.29) is 20.1 Å². The Morgan fingerprint density at radius 1 is 0.679 bits per heavy atom. The number of aryl methyl sites for hydroxylation is 1. The molecular formula is C45H34GeIrN4S2-2. The molecule has 1 radical (unpaired) electrons. The van der Waals surface area contributed by atoms with Crippen LogP contribution in [0, 0.1) is 19.1 Å². The number of pyridine rings is 2. The molecule has 0 aliphatic carbocycles. The summed E-state index contributed by atoms with van der Waals surface area (Å²) in [5.74, 6) is 8.09. The number of aromatic nitrogens is 4. The fraction of sp³-hybridized carbons (Fsp3) is 0.0889. The number of fused-ring (bicyclic) bond motifs is 7. The van der Waals surface area contributed by atoms with E-state index in [4.69, 9.17) is 15.0 Å². The van der Waals surface area contributed by atoms with Gasteiger partial charge in [-0.3, -0.25) is 4.98 Å². The van der Waals surface area contributed by atoms with Crippen molar-refractivity contribution in [3.8, 4) is 28.3 Å². The van der Waals surface area contributed by atoms with Gasteiger partial charge in [0.05, 0.1) is 16.9 Å². The van der Waals surface area contributed by atoms with E-state index < -0.39 is 13.3 Å². The van der Waals surface area contributed by atoms with Gasteiger partial charge in [0.25, 0.3) is 0 Å². The smallest absolute Gasteiger partial charge is 0 e. The average molecular weight is 960 g/mol. The summed E-state index contributed by atoms with van der Waals surface area (Å²) < 4.78 is 7.46. The zero-order valence-corrected chi connectivity index (χ0v) is 35.8. The van der Waals surface area contributed by atoms with Crippen molar-refractivity contribution in [1.29, 1.82) is 0 Å². The van der Waals surface area contributed by atoms with E-state index in [9.17, 15) is 0 Å². The van der Waals surface area contributed by atoms with Gasteiger partial charge in [-0.25, -0.2) is 4.98 Å². The summed E-state index contributed by atoms with van der Waals surface area (Å²) in [5.41, 5.74) is 7.30. The monoisotopic (exact) mass is 961 g/mol. The topological polar surface area (TPSA) is 43.6 Å². The first-order valence-corrected chi connectivity index (χ1v) is 26.3. The van der Waals surface area contributed by atoms with E-state index in [1.165, 1.54) is 40.0 Å². The third kappa shape index (κ3) is 6.66. The minimum atomic E-state index is -1.80. The van der Waals surface area contributed by atoms with Crippen molar-refractivity contribution in [3.63, 3.8) is 0 Å². The van der Waals surface area contributed by atoms with Crippen LogP contribution in [0.15, 0.2) is 134 Å². The van der Waals surface area contributed by atoms with Crippen LogP contribution in [0.3, 0.4) is 0 Å². The van der Waals surface area contributed by atoms with Gasteiger partial charge in [-0.05, 0) is 47.3 Å². The van der Waals surface area contributed by atoms with E-state index in [1.54, 1.807) is 11.3 Å². The Balaban J connectivity index is 0.000000152. The average Bonchev–Trinajstić information content (AvgIpc) is 3.86. The standard InChI is InChI=1S/C25H16N3S.C20H18GeNS.Ir/c1-16-14-15-19-18-10-7-11-20(23(18)29-25(19)26-16)24-27-21-12-5-6-13-22(21)28(24)17-8-3-2-4-9-17;1-21(2,3)15-9-10-18(22-13-15)14-8-11-20-17(12-14)16-6-4-5-7-19(16)23-20;/h2-10,12-15H,1H3;4-7,9-13H,1-3H3;/q2*-1;. The number of hydrogen-bond donors (Lipinski definition) is 0. The number of hydrogen-bond acceptors (Lipinski definition) is 5. The van der Waals surface area contributed by atoms with Crippen LogP contribution in [-0.4, -0.2) is 32.8 Å². The van der Waals surface area contributed by atoms with Gasteiger partial charge in [-0.15, -0.1) is 18.2 Å². The molecule has 4 nitrogen and oxygen atoms in total. The van der Waals surface area contributed by atoms with Crippen LogP contribution in [-0.2, 0) is 20.1 Å². The Morgan fingerprint density at radius 2 is 1.47 bits per heavy atom. The van der Waals surface area contributed by atoms with Gasteiger partial charge in [0, 0.05) is 31.5 Å². The van der Waals surface area contributed by atoms with Crippen LogP contribution in [0.2, 0.25) is 17.3 Å². The van der Waals surface area contributed by atoms with Crippen LogP contribution in [0.4, 0.5) is 0 Å². The largest absolute Gasteiger partial charge is 0 e. The van der Waals surface area contributed by atoms with Gasteiger partial charge in [-0.2, -0.15) is 11.3 Å². The Morgan fingerprint density at radius 3 is 2.28 bits per heavy atom. The summed E-state index contributed by atoms with van der Waals surface area (Å²) in [5, 5.41) is 5.02. The molecule has 0 saturated carbocycles. The second-order valence-corrected chi connectivity index (χ2v) is 26.7. The van der Waals surface area contributed by atoms with Crippen molar-refractivity contribution >= 4 is 91.8 Å². The Labute approximate surface area is 332 Å². The molecule has 0 unspecified atom stereocenters. The molecule has 261 valence electrons. The number of para-hydroxylation sites is 3. The van der Waals surface area contributed by atoms with Crippen LogP contribution in [0.5, 0.6) is 0 Å². The number of thiophene rings is 2. The molecule has 0 atom stereocenters. The molecule has 8 heteroatoms. The first-order valence-electron chi connectivity index (χ1n) is 17.4. The number of benzene rings is 5. The molecule has 0 spiro atoms. The first kappa shape index (κ1) is 35.5. The number of rotatable bonds is 4. The second kappa shape index (κ2) is 14.4. The van der Waals surface area contributed by atoms with Crippen molar-refractivity contribution in [3.05, 3.63) is 151 Å². The molecule has 0 aliphatic heterocycles. The molecule has 0 bridgehead atoms. The maximum absolute atomic E-state index is 5.02. The van der Waals surface area contributed by atoms with Crippen molar-refractivity contribution in [1.82, 2.24) is 19.5 Å². The molecule has 5 aromatic heterocycles. The fourth-order valence-corrected chi connectivity index (χ4v) is 11.2. The summed E-state index contributed by atoms with van der Waals surface area (Å²) >= 11 is 1.75. The predicted molar refractivity (Wildman–Crippen MR) is 225 cm³/mol. The van der Waals surface area contributed by atoms with Gasteiger partial charge < -0.3 is 4.57 Å². The normalized spacial score (nSPS) is 11.6. The molecule has 5 aromatic carbocycles. The van der Waals surface area contributed by atoms with Gasteiger partial charge in [-0.1, -0.05) is 47.3 Å². The minimum Gasteiger partial charge on any atom is 0 e. The fourth-order valence-electron chi connectivity index (χ4n) is 6.73. The first-order chi connectivity index (χ1) is 25.3. The van der Waals surface area contributed by atoms with Crippen molar-refractivity contribution in [2.24, 2.45) is 0 Å². The van der Waals surface area contributed by atoms with Crippen LogP contribution >= 0.6 is 22.7 Å². The van der Waals surface area contributed by atoms with Gasteiger partial charge in [0.15, 0.2) is 0 Å². The summed E-state index contributed by atoms with van der Waals surface area (Å²) in [7, 11) is 0. The third-order valence-electron chi connectivity index (χ3n) is 9.45. The van der Waals surface area contributed by atoms with Crippen molar-refractivity contribution in [2.75, 3.05) is 0 Å². The molecule has 0 N–H and O–H groups in total. The minimum absolute atomic E-state index is 0. The molecule has 10 aromatic rings. The van der Waals surface area contributed by atoms with E-state index in [1.807, 2.05) is 36.5 Å². The molecule has 0 fully saturated rings. The predicted octanol–water partition coefficient (Wildman–Crippen LogP) is 12.0. The maximum atomic E-state index is 5.02. The van der Waals surface area contributed by atoms with E-state index in [0.29, 0.717) is 0 Å². The summed E-state index contributed by atoms with van der Waals surface area (Å²) in [4.78, 5) is 15.5. The molecule has 53 heavy (non-hydrogen) atoms. The van der Waals surface area contributed by atoms with Crippen molar-refractivity contribution < 1.29 is 20.1 Å². The maximum Gasteiger partial charge on any atom is 0 e. The summed E-state index contributed by atoms with van der Waals surface area (Å²) in [6.07, 6.45) is 2.07. The molecule has 0 amide bonds. The molecule has 0 saturated heterocycles.